The first kappa shape index (κ1) is 11.1. The van der Waals surface area contributed by atoms with Crippen LogP contribution in [0.3, 0.4) is 0 Å². The zero-order valence-electron chi connectivity index (χ0n) is 9.55. The summed E-state index contributed by atoms with van der Waals surface area (Å²) < 4.78 is 1.88. The van der Waals surface area contributed by atoms with Gasteiger partial charge >= 0.3 is 0 Å². The summed E-state index contributed by atoms with van der Waals surface area (Å²) in [5.41, 5.74) is 2.52. The van der Waals surface area contributed by atoms with E-state index in [-0.39, 0.29) is 5.91 Å². The van der Waals surface area contributed by atoms with Crippen molar-refractivity contribution in [2.24, 2.45) is 0 Å². The molecule has 0 unspecified atom stereocenters. The lowest BCUT2D eigenvalue weighted by Crippen LogP contribution is -2.06. The van der Waals surface area contributed by atoms with Crippen molar-refractivity contribution in [3.8, 4) is 5.69 Å². The number of benzene rings is 1. The molecule has 1 heterocycles. The van der Waals surface area contributed by atoms with Gasteiger partial charge in [0.25, 0.3) is 0 Å². The van der Waals surface area contributed by atoms with Gasteiger partial charge in [-0.25, -0.2) is 4.98 Å². The molecule has 17 heavy (non-hydrogen) atoms. The van der Waals surface area contributed by atoms with Gasteiger partial charge in [-0.05, 0) is 24.3 Å². The first-order valence-electron chi connectivity index (χ1n) is 5.23. The summed E-state index contributed by atoms with van der Waals surface area (Å²) >= 11 is 0. The van der Waals surface area contributed by atoms with Gasteiger partial charge < -0.3 is 9.88 Å². The zero-order valence-corrected chi connectivity index (χ0v) is 9.55. The molecule has 0 aliphatic rings. The van der Waals surface area contributed by atoms with Crippen LogP contribution in [0, 0.1) is 0 Å². The van der Waals surface area contributed by atoms with Crippen molar-refractivity contribution in [3.63, 3.8) is 0 Å². The summed E-state index contributed by atoms with van der Waals surface area (Å²) in [6.07, 6.45) is 5.28. The highest BCUT2D eigenvalue weighted by Gasteiger charge is 2.00. The molecule has 4 nitrogen and oxygen atoms in total. The maximum absolute atomic E-state index is 11.0. The van der Waals surface area contributed by atoms with Gasteiger partial charge in [-0.2, -0.15) is 0 Å². The highest BCUT2D eigenvalue weighted by atomic mass is 16.1. The molecule has 4 heteroatoms. The van der Waals surface area contributed by atoms with Crippen LogP contribution < -0.4 is 5.32 Å². The molecular formula is C13H13N3O. The summed E-state index contributed by atoms with van der Waals surface area (Å²) in [5.74, 6) is -0.0837. The Balaban J connectivity index is 2.32. The number of amides is 1. The minimum Gasteiger partial charge on any atom is -0.326 e. The highest BCUT2D eigenvalue weighted by molar-refractivity contribution is 5.88. The molecule has 0 fully saturated rings. The number of hydrogen-bond donors (Lipinski definition) is 1. The minimum absolute atomic E-state index is 0.0837. The molecule has 0 spiro atoms. The van der Waals surface area contributed by atoms with E-state index in [0.29, 0.717) is 0 Å². The van der Waals surface area contributed by atoms with E-state index in [1.54, 1.807) is 12.4 Å². The van der Waals surface area contributed by atoms with Crippen LogP contribution in [0.4, 0.5) is 5.69 Å². The second kappa shape index (κ2) is 4.65. The van der Waals surface area contributed by atoms with Crippen LogP contribution in [-0.2, 0) is 4.79 Å². The molecule has 86 valence electrons. The molecule has 0 aliphatic heterocycles. The van der Waals surface area contributed by atoms with E-state index < -0.39 is 0 Å². The van der Waals surface area contributed by atoms with Gasteiger partial charge in [-0.15, -0.1) is 0 Å². The Morgan fingerprint density at radius 1 is 1.53 bits per heavy atom. The van der Waals surface area contributed by atoms with E-state index >= 15 is 0 Å². The fourth-order valence-electron chi connectivity index (χ4n) is 1.53. The Morgan fingerprint density at radius 2 is 2.35 bits per heavy atom. The van der Waals surface area contributed by atoms with Crippen LogP contribution in [0.2, 0.25) is 0 Å². The number of hydrogen-bond acceptors (Lipinski definition) is 2. The first-order chi connectivity index (χ1) is 8.19. The van der Waals surface area contributed by atoms with Crippen molar-refractivity contribution < 1.29 is 4.79 Å². The lowest BCUT2D eigenvalue weighted by atomic mass is 10.2. The van der Waals surface area contributed by atoms with Gasteiger partial charge in [0, 0.05) is 24.5 Å². The normalized spacial score (nSPS) is 9.94. The van der Waals surface area contributed by atoms with E-state index in [9.17, 15) is 4.79 Å². The number of rotatable bonds is 3. The van der Waals surface area contributed by atoms with E-state index in [0.717, 1.165) is 17.1 Å². The molecule has 0 bridgehead atoms. The molecule has 1 aromatic carbocycles. The number of carbonyl (C=O) groups is 1. The molecular weight excluding hydrogens is 214 g/mol. The zero-order chi connectivity index (χ0) is 12.3. The number of carbonyl (C=O) groups excluding carboxylic acids is 1. The lowest BCUT2D eigenvalue weighted by molar-refractivity contribution is -0.114. The Labute approximate surface area is 99.6 Å². The van der Waals surface area contributed by atoms with Gasteiger partial charge in [-0.1, -0.05) is 12.6 Å². The standard InChI is InChI=1S/C13H13N3O/c1-3-11-8-16(9-14-11)13-6-4-5-12(7-13)15-10(2)17/h3-9H,1H2,2H3,(H,15,17). The molecule has 0 aliphatic carbocycles. The van der Waals surface area contributed by atoms with Gasteiger partial charge in [0.15, 0.2) is 0 Å². The largest absolute Gasteiger partial charge is 0.326 e. The summed E-state index contributed by atoms with van der Waals surface area (Å²) in [6, 6.07) is 7.56. The first-order valence-corrected chi connectivity index (χ1v) is 5.23. The molecule has 1 N–H and O–H groups in total. The van der Waals surface area contributed by atoms with E-state index in [2.05, 4.69) is 16.9 Å². The summed E-state index contributed by atoms with van der Waals surface area (Å²) in [5, 5.41) is 2.74. The topological polar surface area (TPSA) is 46.9 Å². The molecule has 2 aromatic rings. The average Bonchev–Trinajstić information content (AvgIpc) is 2.77. The van der Waals surface area contributed by atoms with E-state index in [4.69, 9.17) is 0 Å². The lowest BCUT2D eigenvalue weighted by Gasteiger charge is -2.05. The van der Waals surface area contributed by atoms with Crippen LogP contribution in [0.25, 0.3) is 11.8 Å². The number of imidazole rings is 1. The number of nitrogens with one attached hydrogen (secondary N) is 1. The van der Waals surface area contributed by atoms with Crippen molar-refractivity contribution in [3.05, 3.63) is 49.1 Å². The van der Waals surface area contributed by atoms with Crippen molar-refractivity contribution >= 4 is 17.7 Å². The quantitative estimate of drug-likeness (QED) is 0.875. The Morgan fingerprint density at radius 3 is 3.00 bits per heavy atom. The molecule has 2 rings (SSSR count). The second-order valence-electron chi connectivity index (χ2n) is 3.64. The maximum atomic E-state index is 11.0. The third-order valence-electron chi connectivity index (χ3n) is 2.28. The van der Waals surface area contributed by atoms with Gasteiger partial charge in [0.1, 0.15) is 0 Å². The molecule has 0 radical (unpaired) electrons. The smallest absolute Gasteiger partial charge is 0.221 e. The molecule has 1 amide bonds. The van der Waals surface area contributed by atoms with Crippen molar-refractivity contribution in [1.82, 2.24) is 9.55 Å². The van der Waals surface area contributed by atoms with Crippen LogP contribution in [0.15, 0.2) is 43.4 Å². The fourth-order valence-corrected chi connectivity index (χ4v) is 1.53. The fraction of sp³-hybridized carbons (Fsp3) is 0.0769. The Bertz CT molecular complexity index is 557. The number of nitrogens with zero attached hydrogens (tertiary/aromatic N) is 2. The molecule has 0 saturated heterocycles. The van der Waals surface area contributed by atoms with Gasteiger partial charge in [-0.3, -0.25) is 4.79 Å². The van der Waals surface area contributed by atoms with Crippen LogP contribution in [0.1, 0.15) is 12.6 Å². The van der Waals surface area contributed by atoms with Crippen LogP contribution in [0.5, 0.6) is 0 Å². The van der Waals surface area contributed by atoms with Crippen molar-refractivity contribution in [2.45, 2.75) is 6.92 Å². The molecule has 0 atom stereocenters. The Kier molecular flexibility index (Phi) is 3.05. The predicted octanol–water partition coefficient (Wildman–Crippen LogP) is 2.47. The van der Waals surface area contributed by atoms with E-state index in [1.807, 2.05) is 35.0 Å². The minimum atomic E-state index is -0.0837. The number of anilines is 1. The summed E-state index contributed by atoms with van der Waals surface area (Å²) in [6.45, 7) is 5.15. The van der Waals surface area contributed by atoms with Crippen molar-refractivity contribution in [1.29, 1.82) is 0 Å². The summed E-state index contributed by atoms with van der Waals surface area (Å²) in [7, 11) is 0. The third-order valence-corrected chi connectivity index (χ3v) is 2.28. The average molecular weight is 227 g/mol. The predicted molar refractivity (Wildman–Crippen MR) is 68.0 cm³/mol. The maximum Gasteiger partial charge on any atom is 0.221 e. The number of aromatic nitrogens is 2. The van der Waals surface area contributed by atoms with E-state index in [1.165, 1.54) is 6.92 Å². The van der Waals surface area contributed by atoms with Crippen LogP contribution in [-0.4, -0.2) is 15.5 Å². The van der Waals surface area contributed by atoms with Gasteiger partial charge in [0.05, 0.1) is 12.0 Å². The Hall–Kier alpha value is -2.36. The summed E-state index contributed by atoms with van der Waals surface area (Å²) in [4.78, 5) is 15.1. The second-order valence-corrected chi connectivity index (χ2v) is 3.64. The van der Waals surface area contributed by atoms with Crippen molar-refractivity contribution in [2.75, 3.05) is 5.32 Å². The van der Waals surface area contributed by atoms with Gasteiger partial charge in [0.2, 0.25) is 5.91 Å². The molecule has 0 saturated carbocycles. The molecule has 1 aromatic heterocycles. The highest BCUT2D eigenvalue weighted by Crippen LogP contribution is 2.15. The SMILES string of the molecule is C=Cc1cn(-c2cccc(NC(C)=O)c2)cn1. The monoisotopic (exact) mass is 227 g/mol. The van der Waals surface area contributed by atoms with Crippen LogP contribution >= 0.6 is 0 Å². The third kappa shape index (κ3) is 2.60.